The fourth-order valence-electron chi connectivity index (χ4n) is 3.34. The molecule has 2 fully saturated rings. The van der Waals surface area contributed by atoms with Gasteiger partial charge in [0.25, 0.3) is 0 Å². The Morgan fingerprint density at radius 1 is 1.12 bits per heavy atom. The fourth-order valence-corrected chi connectivity index (χ4v) is 4.83. The molecule has 1 aromatic carbocycles. The largest absolute Gasteiger partial charge is 0.335 e. The molecule has 0 bridgehead atoms. The first kappa shape index (κ1) is 17.9. The van der Waals surface area contributed by atoms with E-state index in [1.54, 1.807) is 37.3 Å². The highest BCUT2D eigenvalue weighted by molar-refractivity contribution is 7.89. The van der Waals surface area contributed by atoms with E-state index >= 15 is 0 Å². The summed E-state index contributed by atoms with van der Waals surface area (Å²) in [6, 6.07) is 7.92. The molecule has 0 aromatic heterocycles. The highest BCUT2D eigenvalue weighted by Gasteiger charge is 2.34. The molecule has 0 aliphatic carbocycles. The Kier molecular flexibility index (Phi) is 5.10. The average molecular weight is 365 g/mol. The van der Waals surface area contributed by atoms with E-state index in [4.69, 9.17) is 0 Å². The summed E-state index contributed by atoms with van der Waals surface area (Å²) in [6.07, 6.45) is 1.59. The van der Waals surface area contributed by atoms with Crippen molar-refractivity contribution in [3.8, 4) is 0 Å². The van der Waals surface area contributed by atoms with Gasteiger partial charge in [-0.3, -0.25) is 9.69 Å². The molecule has 1 aromatic rings. The van der Waals surface area contributed by atoms with Crippen molar-refractivity contribution >= 4 is 22.0 Å². The maximum atomic E-state index is 12.6. The van der Waals surface area contributed by atoms with E-state index in [1.165, 1.54) is 9.21 Å². The first-order valence-electron chi connectivity index (χ1n) is 8.54. The van der Waals surface area contributed by atoms with Crippen molar-refractivity contribution in [3.05, 3.63) is 30.3 Å². The van der Waals surface area contributed by atoms with E-state index in [2.05, 4.69) is 5.32 Å². The second-order valence-electron chi connectivity index (χ2n) is 6.72. The average Bonchev–Trinajstić information content (AvgIpc) is 2.59. The van der Waals surface area contributed by atoms with Gasteiger partial charge in [0.1, 0.15) is 0 Å². The smallest absolute Gasteiger partial charge is 0.324 e. The number of urea groups is 1. The van der Waals surface area contributed by atoms with Gasteiger partial charge in [-0.1, -0.05) is 18.2 Å². The normalized spacial score (nSPS) is 23.6. The summed E-state index contributed by atoms with van der Waals surface area (Å²) in [5.74, 6) is -0.0269. The van der Waals surface area contributed by atoms with Crippen LogP contribution in [0.25, 0.3) is 0 Å². The zero-order chi connectivity index (χ0) is 18.0. The molecule has 1 atom stereocenters. The number of nitrogens with one attached hydrogen (secondary N) is 1. The van der Waals surface area contributed by atoms with Crippen molar-refractivity contribution in [2.24, 2.45) is 5.92 Å². The zero-order valence-electron chi connectivity index (χ0n) is 14.2. The number of carbonyl (C=O) groups is 2. The Morgan fingerprint density at radius 2 is 1.76 bits per heavy atom. The summed E-state index contributed by atoms with van der Waals surface area (Å²) in [7, 11) is -3.47. The van der Waals surface area contributed by atoms with Crippen molar-refractivity contribution in [2.45, 2.75) is 37.1 Å². The van der Waals surface area contributed by atoms with Crippen molar-refractivity contribution in [1.29, 1.82) is 0 Å². The van der Waals surface area contributed by atoms with Crippen LogP contribution >= 0.6 is 0 Å². The summed E-state index contributed by atoms with van der Waals surface area (Å²) in [5.41, 5.74) is 0. The molecule has 136 valence electrons. The lowest BCUT2D eigenvalue weighted by molar-refractivity contribution is -0.130. The lowest BCUT2D eigenvalue weighted by Crippen LogP contribution is -2.55. The highest BCUT2D eigenvalue weighted by atomic mass is 32.2. The lowest BCUT2D eigenvalue weighted by Gasteiger charge is -2.36. The maximum Gasteiger partial charge on any atom is 0.324 e. The molecule has 8 heteroatoms. The number of benzene rings is 1. The number of amides is 3. The molecule has 0 saturated carbocycles. The summed E-state index contributed by atoms with van der Waals surface area (Å²) >= 11 is 0. The van der Waals surface area contributed by atoms with Crippen LogP contribution in [0.4, 0.5) is 4.79 Å². The minimum Gasteiger partial charge on any atom is -0.335 e. The van der Waals surface area contributed by atoms with Crippen molar-refractivity contribution in [3.63, 3.8) is 0 Å². The number of hydrogen-bond acceptors (Lipinski definition) is 4. The van der Waals surface area contributed by atoms with E-state index in [1.807, 2.05) is 0 Å². The van der Waals surface area contributed by atoms with Crippen LogP contribution in [-0.4, -0.2) is 55.2 Å². The van der Waals surface area contributed by atoms with Gasteiger partial charge in [0, 0.05) is 32.1 Å². The van der Waals surface area contributed by atoms with Crippen molar-refractivity contribution < 1.29 is 18.0 Å². The van der Waals surface area contributed by atoms with Crippen LogP contribution in [0.1, 0.15) is 26.2 Å². The summed E-state index contributed by atoms with van der Waals surface area (Å²) in [4.78, 5) is 25.6. The van der Waals surface area contributed by atoms with Crippen LogP contribution in [0.3, 0.4) is 0 Å². The van der Waals surface area contributed by atoms with Gasteiger partial charge in [0.05, 0.1) is 4.90 Å². The van der Waals surface area contributed by atoms with Crippen LogP contribution in [0.15, 0.2) is 35.2 Å². The molecule has 0 radical (unpaired) electrons. The van der Waals surface area contributed by atoms with Crippen LogP contribution in [0, 0.1) is 5.92 Å². The van der Waals surface area contributed by atoms with Gasteiger partial charge in [-0.15, -0.1) is 0 Å². The fraction of sp³-hybridized carbons (Fsp3) is 0.529. The van der Waals surface area contributed by atoms with Gasteiger partial charge in [0.2, 0.25) is 15.9 Å². The Hall–Kier alpha value is -1.93. The molecule has 2 aliphatic rings. The van der Waals surface area contributed by atoms with Gasteiger partial charge in [-0.05, 0) is 37.8 Å². The lowest BCUT2D eigenvalue weighted by atomic mass is 9.97. The van der Waals surface area contributed by atoms with Gasteiger partial charge in [0.15, 0.2) is 0 Å². The number of imide groups is 1. The minimum absolute atomic E-state index is 0.130. The molecule has 25 heavy (non-hydrogen) atoms. The van der Waals surface area contributed by atoms with E-state index in [-0.39, 0.29) is 23.9 Å². The SMILES string of the molecule is C[C@H]1CC(=O)N(CC2CCN(S(=O)(=O)c3ccccc3)CC2)C(=O)N1. The first-order chi connectivity index (χ1) is 11.9. The number of piperidine rings is 1. The molecule has 7 nitrogen and oxygen atoms in total. The molecule has 2 aliphatic heterocycles. The van der Waals surface area contributed by atoms with E-state index < -0.39 is 10.0 Å². The Bertz CT molecular complexity index is 724. The zero-order valence-corrected chi connectivity index (χ0v) is 15.0. The molecule has 0 unspecified atom stereocenters. The first-order valence-corrected chi connectivity index (χ1v) is 9.98. The predicted molar refractivity (Wildman–Crippen MR) is 92.2 cm³/mol. The van der Waals surface area contributed by atoms with Gasteiger partial charge in [-0.2, -0.15) is 4.31 Å². The molecular weight excluding hydrogens is 342 g/mol. The highest BCUT2D eigenvalue weighted by Crippen LogP contribution is 2.25. The molecule has 2 heterocycles. The second kappa shape index (κ2) is 7.13. The quantitative estimate of drug-likeness (QED) is 0.874. The third-order valence-corrected chi connectivity index (χ3v) is 6.71. The number of sulfonamides is 1. The topological polar surface area (TPSA) is 86.8 Å². The van der Waals surface area contributed by atoms with E-state index in [0.717, 1.165) is 0 Å². The summed E-state index contributed by atoms with van der Waals surface area (Å²) in [6.45, 7) is 2.97. The third-order valence-electron chi connectivity index (χ3n) is 4.79. The molecule has 3 rings (SSSR count). The minimum atomic E-state index is -3.47. The number of carbonyl (C=O) groups excluding carboxylic acids is 2. The predicted octanol–water partition coefficient (Wildman–Crippen LogP) is 1.42. The molecule has 2 saturated heterocycles. The number of nitrogens with zero attached hydrogens (tertiary/aromatic N) is 2. The van der Waals surface area contributed by atoms with Gasteiger partial charge in [-0.25, -0.2) is 13.2 Å². The Balaban J connectivity index is 1.59. The standard InChI is InChI=1S/C17H23N3O4S/c1-13-11-16(21)20(17(22)18-13)12-14-7-9-19(10-8-14)25(23,24)15-5-3-2-4-6-15/h2-6,13-14H,7-12H2,1H3,(H,18,22)/t13-/m0/s1. The van der Waals surface area contributed by atoms with E-state index in [0.29, 0.717) is 43.8 Å². The van der Waals surface area contributed by atoms with Crippen LogP contribution in [-0.2, 0) is 14.8 Å². The maximum absolute atomic E-state index is 12.6. The second-order valence-corrected chi connectivity index (χ2v) is 8.66. The Labute approximate surface area is 148 Å². The van der Waals surface area contributed by atoms with Crippen molar-refractivity contribution in [2.75, 3.05) is 19.6 Å². The van der Waals surface area contributed by atoms with E-state index in [9.17, 15) is 18.0 Å². The van der Waals surface area contributed by atoms with Crippen LogP contribution < -0.4 is 5.32 Å². The summed E-state index contributed by atoms with van der Waals surface area (Å²) < 4.78 is 26.7. The molecule has 0 spiro atoms. The van der Waals surface area contributed by atoms with Crippen molar-refractivity contribution in [1.82, 2.24) is 14.5 Å². The summed E-state index contributed by atoms with van der Waals surface area (Å²) in [5, 5.41) is 2.76. The number of rotatable bonds is 4. The van der Waals surface area contributed by atoms with Crippen LogP contribution in [0.2, 0.25) is 0 Å². The monoisotopic (exact) mass is 365 g/mol. The number of hydrogen-bond donors (Lipinski definition) is 1. The molecular formula is C17H23N3O4S. The van der Waals surface area contributed by atoms with Gasteiger partial charge < -0.3 is 5.32 Å². The van der Waals surface area contributed by atoms with Crippen LogP contribution in [0.5, 0.6) is 0 Å². The van der Waals surface area contributed by atoms with Gasteiger partial charge >= 0.3 is 6.03 Å². The Morgan fingerprint density at radius 3 is 2.36 bits per heavy atom. The molecule has 1 N–H and O–H groups in total. The third kappa shape index (κ3) is 3.85. The molecule has 3 amide bonds.